The number of amides is 1. The lowest BCUT2D eigenvalue weighted by Gasteiger charge is -2.07. The van der Waals surface area contributed by atoms with Crippen molar-refractivity contribution < 1.29 is 23.1 Å². The lowest BCUT2D eigenvalue weighted by atomic mass is 10.2. The quantitative estimate of drug-likeness (QED) is 0.821. The molecule has 0 aliphatic heterocycles. The number of halogens is 3. The minimum atomic E-state index is -0.985. The Kier molecular flexibility index (Phi) is 3.41. The van der Waals surface area contributed by atoms with Gasteiger partial charge in [0.2, 0.25) is 0 Å². The lowest BCUT2D eigenvalue weighted by Crippen LogP contribution is -2.15. The Morgan fingerprint density at radius 3 is 2.42 bits per heavy atom. The third-order valence-electron chi connectivity index (χ3n) is 2.37. The third-order valence-corrected chi connectivity index (χ3v) is 2.37. The maximum Gasteiger partial charge on any atom is 0.258 e. The molecule has 6 heteroatoms. The summed E-state index contributed by atoms with van der Waals surface area (Å²) in [6.45, 7) is 0. The van der Waals surface area contributed by atoms with Crippen molar-refractivity contribution in [2.24, 2.45) is 0 Å². The number of hydrogen-bond donors (Lipinski definition) is 2. The van der Waals surface area contributed by atoms with E-state index in [4.69, 9.17) is 5.11 Å². The average molecular weight is 267 g/mol. The third kappa shape index (κ3) is 2.85. The second kappa shape index (κ2) is 5.01. The molecule has 1 amide bonds. The summed E-state index contributed by atoms with van der Waals surface area (Å²) >= 11 is 0. The number of phenols is 1. The van der Waals surface area contributed by atoms with Crippen LogP contribution in [0.25, 0.3) is 0 Å². The van der Waals surface area contributed by atoms with Gasteiger partial charge in [0.05, 0.1) is 11.3 Å². The molecule has 0 atom stereocenters. The second-order valence-electron chi connectivity index (χ2n) is 3.74. The molecule has 2 rings (SSSR count). The first-order valence-corrected chi connectivity index (χ1v) is 5.22. The van der Waals surface area contributed by atoms with E-state index >= 15 is 0 Å². The molecule has 3 nitrogen and oxygen atoms in total. The van der Waals surface area contributed by atoms with Gasteiger partial charge in [0.25, 0.3) is 5.91 Å². The van der Waals surface area contributed by atoms with Crippen LogP contribution >= 0.6 is 0 Å². The molecule has 0 spiro atoms. The van der Waals surface area contributed by atoms with Gasteiger partial charge in [-0.25, -0.2) is 13.2 Å². The predicted octanol–water partition coefficient (Wildman–Crippen LogP) is 3.06. The van der Waals surface area contributed by atoms with Crippen molar-refractivity contribution >= 4 is 11.6 Å². The van der Waals surface area contributed by atoms with Crippen molar-refractivity contribution in [1.82, 2.24) is 0 Å². The van der Waals surface area contributed by atoms with Crippen molar-refractivity contribution in [3.05, 3.63) is 59.4 Å². The SMILES string of the molecule is O=C(Nc1ccc(O)cc1F)c1cc(F)ccc1F. The first-order chi connectivity index (χ1) is 8.97. The summed E-state index contributed by atoms with van der Waals surface area (Å²) in [5.74, 6) is -3.88. The van der Waals surface area contributed by atoms with E-state index in [1.54, 1.807) is 0 Å². The number of phenolic OH excluding ortho intramolecular Hbond substituents is 1. The largest absolute Gasteiger partial charge is 0.508 e. The molecule has 0 aliphatic carbocycles. The Hall–Kier alpha value is -2.50. The molecule has 0 fully saturated rings. The molecule has 2 N–H and O–H groups in total. The molecule has 98 valence electrons. The number of hydrogen-bond acceptors (Lipinski definition) is 2. The summed E-state index contributed by atoms with van der Waals surface area (Å²) in [5, 5.41) is 11.1. The van der Waals surface area contributed by atoms with Gasteiger partial charge in [0, 0.05) is 6.07 Å². The van der Waals surface area contributed by atoms with Crippen molar-refractivity contribution in [3.63, 3.8) is 0 Å². The maximum absolute atomic E-state index is 13.4. The fraction of sp³-hybridized carbons (Fsp3) is 0. The van der Waals surface area contributed by atoms with Crippen LogP contribution in [0.15, 0.2) is 36.4 Å². The molecule has 0 radical (unpaired) electrons. The molecular formula is C13H8F3NO2. The van der Waals surface area contributed by atoms with Crippen LogP contribution in [0.4, 0.5) is 18.9 Å². The van der Waals surface area contributed by atoms with E-state index in [0.29, 0.717) is 6.07 Å². The topological polar surface area (TPSA) is 49.3 Å². The molecule has 2 aromatic carbocycles. The Morgan fingerprint density at radius 1 is 1.00 bits per heavy atom. The summed E-state index contributed by atoms with van der Waals surface area (Å²) in [4.78, 5) is 11.7. The zero-order valence-corrected chi connectivity index (χ0v) is 9.45. The zero-order chi connectivity index (χ0) is 14.0. The molecule has 0 unspecified atom stereocenters. The van der Waals surface area contributed by atoms with Crippen LogP contribution in [-0.4, -0.2) is 11.0 Å². The minimum absolute atomic E-state index is 0.244. The van der Waals surface area contributed by atoms with E-state index < -0.39 is 28.9 Å². The van der Waals surface area contributed by atoms with Gasteiger partial charge in [0.15, 0.2) is 0 Å². The van der Waals surface area contributed by atoms with Gasteiger partial charge in [0.1, 0.15) is 23.2 Å². The van der Waals surface area contributed by atoms with Gasteiger partial charge in [-0.05, 0) is 30.3 Å². The maximum atomic E-state index is 13.4. The van der Waals surface area contributed by atoms with Crippen molar-refractivity contribution in [2.75, 3.05) is 5.32 Å². The molecule has 19 heavy (non-hydrogen) atoms. The van der Waals surface area contributed by atoms with Gasteiger partial charge < -0.3 is 10.4 Å². The van der Waals surface area contributed by atoms with Gasteiger partial charge in [-0.2, -0.15) is 0 Å². The van der Waals surface area contributed by atoms with Crippen LogP contribution in [-0.2, 0) is 0 Å². The Balaban J connectivity index is 2.28. The van der Waals surface area contributed by atoms with Crippen LogP contribution in [0, 0.1) is 17.5 Å². The standard InChI is InChI=1S/C13H8F3NO2/c14-7-1-3-10(15)9(5-7)13(19)17-12-4-2-8(18)6-11(12)16/h1-6,18H,(H,17,19). The Bertz CT molecular complexity index is 644. The highest BCUT2D eigenvalue weighted by Crippen LogP contribution is 2.20. The highest BCUT2D eigenvalue weighted by Gasteiger charge is 2.14. The summed E-state index contributed by atoms with van der Waals surface area (Å²) in [5.41, 5.74) is -0.779. The highest BCUT2D eigenvalue weighted by molar-refractivity contribution is 6.04. The summed E-state index contributed by atoms with van der Waals surface area (Å²) < 4.78 is 39.6. The fourth-order valence-corrected chi connectivity index (χ4v) is 1.47. The monoisotopic (exact) mass is 267 g/mol. The van der Waals surface area contributed by atoms with Crippen LogP contribution in [0.3, 0.4) is 0 Å². The summed E-state index contributed by atoms with van der Waals surface area (Å²) in [6.07, 6.45) is 0. The number of rotatable bonds is 2. The van der Waals surface area contributed by atoms with Crippen LogP contribution in [0.5, 0.6) is 5.75 Å². The van der Waals surface area contributed by atoms with Crippen molar-refractivity contribution in [2.45, 2.75) is 0 Å². The Labute approximate surface area is 106 Å². The molecular weight excluding hydrogens is 259 g/mol. The lowest BCUT2D eigenvalue weighted by molar-refractivity contribution is 0.102. The number of aromatic hydroxyl groups is 1. The minimum Gasteiger partial charge on any atom is -0.508 e. The Morgan fingerprint density at radius 2 is 1.74 bits per heavy atom. The van der Waals surface area contributed by atoms with E-state index in [1.165, 1.54) is 0 Å². The smallest absolute Gasteiger partial charge is 0.258 e. The van der Waals surface area contributed by atoms with E-state index in [0.717, 1.165) is 30.3 Å². The van der Waals surface area contributed by atoms with E-state index in [9.17, 15) is 18.0 Å². The fourth-order valence-electron chi connectivity index (χ4n) is 1.47. The van der Waals surface area contributed by atoms with E-state index in [2.05, 4.69) is 5.32 Å². The first kappa shape index (κ1) is 12.9. The van der Waals surface area contributed by atoms with Gasteiger partial charge in [-0.15, -0.1) is 0 Å². The first-order valence-electron chi connectivity index (χ1n) is 5.22. The number of nitrogens with one attached hydrogen (secondary N) is 1. The van der Waals surface area contributed by atoms with Crippen molar-refractivity contribution in [1.29, 1.82) is 0 Å². The van der Waals surface area contributed by atoms with Crippen molar-refractivity contribution in [3.8, 4) is 5.75 Å². The van der Waals surface area contributed by atoms with Gasteiger partial charge in [-0.3, -0.25) is 4.79 Å². The molecule has 2 aromatic rings. The van der Waals surface area contributed by atoms with Crippen LogP contribution in [0.1, 0.15) is 10.4 Å². The molecule has 0 heterocycles. The van der Waals surface area contributed by atoms with Gasteiger partial charge in [-0.1, -0.05) is 0 Å². The predicted molar refractivity (Wildman–Crippen MR) is 62.4 cm³/mol. The number of carbonyl (C=O) groups is 1. The van der Waals surface area contributed by atoms with E-state index in [-0.39, 0.29) is 11.4 Å². The zero-order valence-electron chi connectivity index (χ0n) is 9.45. The second-order valence-corrected chi connectivity index (χ2v) is 3.74. The van der Waals surface area contributed by atoms with E-state index in [1.807, 2.05) is 0 Å². The number of anilines is 1. The molecule has 0 saturated heterocycles. The van der Waals surface area contributed by atoms with Crippen LogP contribution < -0.4 is 5.32 Å². The molecule has 0 aromatic heterocycles. The summed E-state index contributed by atoms with van der Waals surface area (Å²) in [7, 11) is 0. The molecule has 0 aliphatic rings. The van der Waals surface area contributed by atoms with Gasteiger partial charge >= 0.3 is 0 Å². The number of benzene rings is 2. The molecule has 0 bridgehead atoms. The number of carbonyl (C=O) groups excluding carboxylic acids is 1. The highest BCUT2D eigenvalue weighted by atomic mass is 19.1. The average Bonchev–Trinajstić information content (AvgIpc) is 2.35. The normalized spacial score (nSPS) is 10.3. The van der Waals surface area contributed by atoms with Crippen LogP contribution in [0.2, 0.25) is 0 Å². The molecule has 0 saturated carbocycles. The summed E-state index contributed by atoms with van der Waals surface area (Å²) in [6, 6.07) is 5.44.